The summed E-state index contributed by atoms with van der Waals surface area (Å²) in [5, 5.41) is 2.93. The van der Waals surface area contributed by atoms with E-state index in [1.165, 1.54) is 0 Å². The van der Waals surface area contributed by atoms with Crippen LogP contribution in [0.5, 0.6) is 0 Å². The highest BCUT2D eigenvalue weighted by molar-refractivity contribution is 5.80. The fourth-order valence-corrected chi connectivity index (χ4v) is 1.99. The van der Waals surface area contributed by atoms with Crippen molar-refractivity contribution in [3.8, 4) is 0 Å². The number of ether oxygens (including phenoxy) is 1. The molecule has 1 fully saturated rings. The Balaban J connectivity index is 2.37. The van der Waals surface area contributed by atoms with Crippen molar-refractivity contribution < 1.29 is 9.53 Å². The molecule has 0 aromatic heterocycles. The van der Waals surface area contributed by atoms with Crippen molar-refractivity contribution in [3.05, 3.63) is 0 Å². The van der Waals surface area contributed by atoms with Crippen LogP contribution < -0.4 is 11.1 Å². The van der Waals surface area contributed by atoms with E-state index >= 15 is 0 Å². The van der Waals surface area contributed by atoms with E-state index in [-0.39, 0.29) is 11.9 Å². The molecule has 1 heterocycles. The summed E-state index contributed by atoms with van der Waals surface area (Å²) in [6, 6.07) is -0.277. The van der Waals surface area contributed by atoms with E-state index in [2.05, 4.69) is 17.1 Å². The van der Waals surface area contributed by atoms with Crippen LogP contribution in [-0.2, 0) is 9.53 Å². The van der Waals surface area contributed by atoms with Crippen LogP contribution in [0.15, 0.2) is 0 Å². The van der Waals surface area contributed by atoms with Crippen molar-refractivity contribution in [3.63, 3.8) is 0 Å². The highest BCUT2D eigenvalue weighted by Gasteiger charge is 2.21. The molecule has 1 rings (SSSR count). The summed E-state index contributed by atoms with van der Waals surface area (Å²) in [6.45, 7) is 5.41. The predicted octanol–water partition coefficient (Wildman–Crippen LogP) is -0.439. The molecule has 1 saturated heterocycles. The van der Waals surface area contributed by atoms with Crippen molar-refractivity contribution in [2.75, 3.05) is 33.3 Å². The summed E-state index contributed by atoms with van der Waals surface area (Å²) in [4.78, 5) is 13.3. The zero-order chi connectivity index (χ0) is 12.0. The first-order valence-corrected chi connectivity index (χ1v) is 5.98. The fraction of sp³-hybridized carbons (Fsp3) is 0.909. The molecule has 1 amide bonds. The van der Waals surface area contributed by atoms with E-state index in [4.69, 9.17) is 10.5 Å². The van der Waals surface area contributed by atoms with Gasteiger partial charge in [-0.3, -0.25) is 9.69 Å². The number of nitrogens with zero attached hydrogens (tertiary/aromatic N) is 1. The van der Waals surface area contributed by atoms with E-state index in [0.29, 0.717) is 12.6 Å². The summed E-state index contributed by atoms with van der Waals surface area (Å²) in [5.41, 5.74) is 5.30. The van der Waals surface area contributed by atoms with Gasteiger partial charge in [0, 0.05) is 19.7 Å². The van der Waals surface area contributed by atoms with Crippen LogP contribution in [0.1, 0.15) is 19.8 Å². The molecule has 0 radical (unpaired) electrons. The third-order valence-electron chi connectivity index (χ3n) is 3.07. The zero-order valence-corrected chi connectivity index (χ0v) is 10.2. The van der Waals surface area contributed by atoms with Crippen molar-refractivity contribution in [1.29, 1.82) is 0 Å². The van der Waals surface area contributed by atoms with E-state index < -0.39 is 0 Å². The van der Waals surface area contributed by atoms with E-state index in [0.717, 1.165) is 32.5 Å². The maximum atomic E-state index is 11.1. The van der Waals surface area contributed by atoms with Crippen molar-refractivity contribution in [2.24, 2.45) is 5.73 Å². The van der Waals surface area contributed by atoms with Gasteiger partial charge in [0.1, 0.15) is 0 Å². The second kappa shape index (κ2) is 6.83. The van der Waals surface area contributed by atoms with Gasteiger partial charge in [0.05, 0.1) is 12.1 Å². The fourth-order valence-electron chi connectivity index (χ4n) is 1.99. The number of likely N-dealkylation sites (N-methyl/N-ethyl adjacent to an activating group) is 2. The number of rotatable bonds is 7. The second-order valence-corrected chi connectivity index (χ2v) is 4.23. The quantitative estimate of drug-likeness (QED) is 0.621. The monoisotopic (exact) mass is 229 g/mol. The lowest BCUT2D eigenvalue weighted by atomic mass is 10.2. The summed E-state index contributed by atoms with van der Waals surface area (Å²) < 4.78 is 5.58. The van der Waals surface area contributed by atoms with Crippen LogP contribution in [0.25, 0.3) is 0 Å². The maximum Gasteiger partial charge on any atom is 0.235 e. The highest BCUT2D eigenvalue weighted by atomic mass is 16.5. The molecule has 94 valence electrons. The van der Waals surface area contributed by atoms with E-state index in [9.17, 15) is 4.79 Å². The van der Waals surface area contributed by atoms with Gasteiger partial charge in [-0.1, -0.05) is 6.92 Å². The van der Waals surface area contributed by atoms with Gasteiger partial charge in [-0.25, -0.2) is 0 Å². The lowest BCUT2D eigenvalue weighted by molar-refractivity contribution is -0.120. The first kappa shape index (κ1) is 13.4. The van der Waals surface area contributed by atoms with Crippen LogP contribution in [0, 0.1) is 0 Å². The molecule has 0 spiro atoms. The summed E-state index contributed by atoms with van der Waals surface area (Å²) in [5.74, 6) is -0.298. The number of carbonyl (C=O) groups excluding carboxylic acids is 1. The van der Waals surface area contributed by atoms with Gasteiger partial charge in [0.2, 0.25) is 5.91 Å². The Hall–Kier alpha value is -0.650. The van der Waals surface area contributed by atoms with Gasteiger partial charge in [-0.05, 0) is 26.4 Å². The lowest BCUT2D eigenvalue weighted by Crippen LogP contribution is -2.49. The first-order chi connectivity index (χ1) is 7.67. The summed E-state index contributed by atoms with van der Waals surface area (Å²) in [7, 11) is 1.76. The number of amides is 1. The van der Waals surface area contributed by atoms with Crippen molar-refractivity contribution in [1.82, 2.24) is 10.2 Å². The van der Waals surface area contributed by atoms with E-state index in [1.54, 1.807) is 7.05 Å². The third kappa shape index (κ3) is 4.08. The van der Waals surface area contributed by atoms with Crippen LogP contribution in [0.3, 0.4) is 0 Å². The van der Waals surface area contributed by atoms with Crippen LogP contribution in [0.2, 0.25) is 0 Å². The second-order valence-electron chi connectivity index (χ2n) is 4.23. The predicted molar refractivity (Wildman–Crippen MR) is 63.1 cm³/mol. The number of nitrogens with two attached hydrogens (primary N) is 1. The molecule has 0 saturated carbocycles. The number of nitrogens with one attached hydrogen (secondary N) is 1. The molecule has 0 aromatic rings. The molecule has 1 aliphatic rings. The first-order valence-electron chi connectivity index (χ1n) is 5.98. The summed E-state index contributed by atoms with van der Waals surface area (Å²) in [6.07, 6.45) is 2.59. The zero-order valence-electron chi connectivity index (χ0n) is 10.2. The van der Waals surface area contributed by atoms with Crippen molar-refractivity contribution in [2.45, 2.75) is 31.9 Å². The van der Waals surface area contributed by atoms with Gasteiger partial charge in [-0.15, -0.1) is 0 Å². The molecule has 0 aromatic carbocycles. The minimum Gasteiger partial charge on any atom is -0.377 e. The largest absolute Gasteiger partial charge is 0.377 e. The maximum absolute atomic E-state index is 11.1. The topological polar surface area (TPSA) is 67.6 Å². The Kier molecular flexibility index (Phi) is 5.73. The molecule has 0 bridgehead atoms. The normalized spacial score (nSPS) is 22.6. The Morgan fingerprint density at radius 1 is 1.69 bits per heavy atom. The smallest absolute Gasteiger partial charge is 0.235 e. The van der Waals surface area contributed by atoms with Crippen LogP contribution in [-0.4, -0.2) is 56.2 Å². The lowest BCUT2D eigenvalue weighted by Gasteiger charge is -2.26. The molecule has 5 nitrogen and oxygen atoms in total. The van der Waals surface area contributed by atoms with Gasteiger partial charge < -0.3 is 15.8 Å². The SMILES string of the molecule is CCN(CC1CCCO1)CC(NC)C(N)=O. The number of hydrogen-bond donors (Lipinski definition) is 2. The standard InChI is InChI=1S/C11H23N3O2/c1-3-14(7-9-5-4-6-16-9)8-10(13-2)11(12)15/h9-10,13H,3-8H2,1-2H3,(H2,12,15). The molecule has 0 aliphatic carbocycles. The Morgan fingerprint density at radius 2 is 2.44 bits per heavy atom. The Labute approximate surface area is 97.3 Å². The van der Waals surface area contributed by atoms with E-state index in [1.807, 2.05) is 0 Å². The Bertz CT molecular complexity index is 217. The summed E-state index contributed by atoms with van der Waals surface area (Å²) >= 11 is 0. The molecular weight excluding hydrogens is 206 g/mol. The molecule has 3 N–H and O–H groups in total. The molecule has 16 heavy (non-hydrogen) atoms. The van der Waals surface area contributed by atoms with Crippen LogP contribution in [0.4, 0.5) is 0 Å². The average Bonchev–Trinajstić information content (AvgIpc) is 2.76. The average molecular weight is 229 g/mol. The number of carbonyl (C=O) groups is 1. The minimum atomic E-state index is -0.298. The van der Waals surface area contributed by atoms with Gasteiger partial charge in [0.15, 0.2) is 0 Å². The van der Waals surface area contributed by atoms with Gasteiger partial charge in [-0.2, -0.15) is 0 Å². The molecule has 5 heteroatoms. The molecule has 2 unspecified atom stereocenters. The van der Waals surface area contributed by atoms with Gasteiger partial charge in [0.25, 0.3) is 0 Å². The highest BCUT2D eigenvalue weighted by Crippen LogP contribution is 2.13. The molecule has 2 atom stereocenters. The number of primary amides is 1. The Morgan fingerprint density at radius 3 is 2.88 bits per heavy atom. The van der Waals surface area contributed by atoms with Crippen molar-refractivity contribution >= 4 is 5.91 Å². The van der Waals surface area contributed by atoms with Gasteiger partial charge >= 0.3 is 0 Å². The minimum absolute atomic E-state index is 0.277. The number of hydrogen-bond acceptors (Lipinski definition) is 4. The third-order valence-corrected chi connectivity index (χ3v) is 3.07. The van der Waals surface area contributed by atoms with Crippen LogP contribution >= 0.6 is 0 Å². The molecule has 1 aliphatic heterocycles. The molecular formula is C11H23N3O2.